The molecule has 0 aliphatic rings. The Bertz CT molecular complexity index is 727. The summed E-state index contributed by atoms with van der Waals surface area (Å²) >= 11 is 3.39. The Hall–Kier alpha value is -2.34. The largest absolute Gasteiger partial charge is 0.508 e. The van der Waals surface area contributed by atoms with Gasteiger partial charge in [0, 0.05) is 0 Å². The second-order valence-electron chi connectivity index (χ2n) is 5.00. The summed E-state index contributed by atoms with van der Waals surface area (Å²) in [6, 6.07) is 12.2. The van der Waals surface area contributed by atoms with Crippen LogP contribution in [0.5, 0.6) is 11.5 Å². The van der Waals surface area contributed by atoms with Crippen molar-refractivity contribution < 1.29 is 14.6 Å². The molecule has 0 saturated carbocycles. The lowest BCUT2D eigenvalue weighted by Crippen LogP contribution is -2.25. The van der Waals surface area contributed by atoms with Crippen molar-refractivity contribution in [3.05, 3.63) is 58.1 Å². The summed E-state index contributed by atoms with van der Waals surface area (Å²) < 4.78 is 6.25. The van der Waals surface area contributed by atoms with Crippen LogP contribution in [0, 0.1) is 6.92 Å². The average molecular weight is 377 g/mol. The first-order valence-corrected chi connectivity index (χ1v) is 7.76. The van der Waals surface area contributed by atoms with Crippen molar-refractivity contribution in [2.45, 2.75) is 13.8 Å². The first-order valence-electron chi connectivity index (χ1n) is 6.97. The molecule has 0 fully saturated rings. The van der Waals surface area contributed by atoms with Gasteiger partial charge in [-0.3, -0.25) is 4.79 Å². The normalized spacial score (nSPS) is 11.2. The van der Waals surface area contributed by atoms with Crippen molar-refractivity contribution in [3.63, 3.8) is 0 Å². The van der Waals surface area contributed by atoms with E-state index in [2.05, 4.69) is 26.5 Å². The van der Waals surface area contributed by atoms with Crippen LogP contribution in [0.15, 0.2) is 52.0 Å². The van der Waals surface area contributed by atoms with Crippen LogP contribution in [0.2, 0.25) is 0 Å². The summed E-state index contributed by atoms with van der Waals surface area (Å²) in [5.41, 5.74) is 4.99. The van der Waals surface area contributed by atoms with E-state index in [1.165, 1.54) is 0 Å². The van der Waals surface area contributed by atoms with E-state index in [0.29, 0.717) is 11.5 Å². The van der Waals surface area contributed by atoms with Gasteiger partial charge in [-0.25, -0.2) is 5.43 Å². The van der Waals surface area contributed by atoms with Gasteiger partial charge in [0.1, 0.15) is 11.5 Å². The average Bonchev–Trinajstić information content (AvgIpc) is 2.52. The van der Waals surface area contributed by atoms with Crippen LogP contribution in [-0.2, 0) is 4.79 Å². The van der Waals surface area contributed by atoms with E-state index < -0.39 is 0 Å². The van der Waals surface area contributed by atoms with Crippen molar-refractivity contribution in [3.8, 4) is 11.5 Å². The molecule has 0 saturated heterocycles. The number of nitrogens with zero attached hydrogens (tertiary/aromatic N) is 1. The fourth-order valence-electron chi connectivity index (χ4n) is 1.81. The van der Waals surface area contributed by atoms with Gasteiger partial charge in [-0.15, -0.1) is 0 Å². The number of hydrogen-bond acceptors (Lipinski definition) is 4. The predicted molar refractivity (Wildman–Crippen MR) is 92.8 cm³/mol. The Morgan fingerprint density at radius 2 is 1.96 bits per heavy atom. The third-order valence-electron chi connectivity index (χ3n) is 3.08. The molecule has 23 heavy (non-hydrogen) atoms. The monoisotopic (exact) mass is 376 g/mol. The molecule has 120 valence electrons. The minimum Gasteiger partial charge on any atom is -0.508 e. The highest BCUT2D eigenvalue weighted by molar-refractivity contribution is 9.10. The van der Waals surface area contributed by atoms with Crippen molar-refractivity contribution in [1.29, 1.82) is 0 Å². The Morgan fingerprint density at radius 1 is 1.26 bits per heavy atom. The zero-order valence-corrected chi connectivity index (χ0v) is 14.4. The Labute approximate surface area is 143 Å². The fraction of sp³-hybridized carbons (Fsp3) is 0.176. The lowest BCUT2D eigenvalue weighted by Gasteiger charge is -2.08. The van der Waals surface area contributed by atoms with Crippen LogP contribution in [0.1, 0.15) is 18.1 Å². The third kappa shape index (κ3) is 5.10. The number of carbonyl (C=O) groups excluding carboxylic acids is 1. The first kappa shape index (κ1) is 17.0. The minimum absolute atomic E-state index is 0.131. The van der Waals surface area contributed by atoms with Gasteiger partial charge >= 0.3 is 0 Å². The molecule has 0 spiro atoms. The molecule has 2 aromatic rings. The quantitative estimate of drug-likeness (QED) is 0.620. The van der Waals surface area contributed by atoms with Gasteiger partial charge in [-0.05, 0) is 77.3 Å². The number of aromatic hydroxyl groups is 1. The molecule has 2 aromatic carbocycles. The standard InChI is InChI=1S/C17H17BrN2O3/c1-11-3-8-16(15(18)9-11)23-10-17(22)20-19-12(2)13-4-6-14(21)7-5-13/h3-9,21H,10H2,1-2H3,(H,20,22)/b19-12-. The van der Waals surface area contributed by atoms with Crippen molar-refractivity contribution in [2.24, 2.45) is 5.10 Å². The van der Waals surface area contributed by atoms with Crippen LogP contribution >= 0.6 is 15.9 Å². The number of halogens is 1. The zero-order valence-electron chi connectivity index (χ0n) is 12.8. The van der Waals surface area contributed by atoms with E-state index in [4.69, 9.17) is 4.74 Å². The molecule has 0 aliphatic carbocycles. The van der Waals surface area contributed by atoms with Crippen LogP contribution in [0.4, 0.5) is 0 Å². The number of amides is 1. The number of benzene rings is 2. The molecular formula is C17H17BrN2O3. The number of hydrazone groups is 1. The second kappa shape index (κ2) is 7.78. The molecule has 2 rings (SSSR count). The van der Waals surface area contributed by atoms with Gasteiger partial charge in [0.15, 0.2) is 6.61 Å². The number of hydrogen-bond donors (Lipinski definition) is 2. The number of aryl methyl sites for hydroxylation is 1. The number of phenols is 1. The minimum atomic E-state index is -0.351. The summed E-state index contributed by atoms with van der Waals surface area (Å²) in [7, 11) is 0. The molecule has 6 heteroatoms. The molecule has 1 amide bonds. The Balaban J connectivity index is 1.89. The molecule has 0 aromatic heterocycles. The summed E-state index contributed by atoms with van der Waals surface area (Å²) in [6.45, 7) is 3.61. The van der Waals surface area contributed by atoms with E-state index in [-0.39, 0.29) is 18.3 Å². The van der Waals surface area contributed by atoms with Crippen LogP contribution < -0.4 is 10.2 Å². The fourth-order valence-corrected chi connectivity index (χ4v) is 2.42. The highest BCUT2D eigenvalue weighted by atomic mass is 79.9. The highest BCUT2D eigenvalue weighted by Crippen LogP contribution is 2.25. The van der Waals surface area contributed by atoms with E-state index in [0.717, 1.165) is 15.6 Å². The molecule has 0 heterocycles. The molecule has 5 nitrogen and oxygen atoms in total. The van der Waals surface area contributed by atoms with Crippen LogP contribution in [0.25, 0.3) is 0 Å². The van der Waals surface area contributed by atoms with E-state index >= 15 is 0 Å². The van der Waals surface area contributed by atoms with Crippen molar-refractivity contribution in [2.75, 3.05) is 6.61 Å². The molecule has 0 atom stereocenters. The van der Waals surface area contributed by atoms with Crippen molar-refractivity contribution >= 4 is 27.5 Å². The molecule has 0 aliphatic heterocycles. The molecule has 0 unspecified atom stereocenters. The van der Waals surface area contributed by atoms with E-state index in [1.54, 1.807) is 37.3 Å². The van der Waals surface area contributed by atoms with E-state index in [1.807, 2.05) is 19.1 Å². The second-order valence-corrected chi connectivity index (χ2v) is 5.86. The number of carbonyl (C=O) groups is 1. The maximum absolute atomic E-state index is 11.8. The maximum atomic E-state index is 11.8. The SMILES string of the molecule is C/C(=N/NC(=O)COc1ccc(C)cc1Br)c1ccc(O)cc1. The topological polar surface area (TPSA) is 70.9 Å². The van der Waals surface area contributed by atoms with Gasteiger partial charge < -0.3 is 9.84 Å². The number of phenolic OH excluding ortho intramolecular Hbond substituents is 1. The predicted octanol–water partition coefficient (Wildman–Crippen LogP) is 3.38. The number of ether oxygens (including phenoxy) is 1. The number of rotatable bonds is 5. The van der Waals surface area contributed by atoms with Crippen LogP contribution in [-0.4, -0.2) is 23.3 Å². The summed E-state index contributed by atoms with van der Waals surface area (Å²) in [6.07, 6.45) is 0. The van der Waals surface area contributed by atoms with Gasteiger partial charge in [0.05, 0.1) is 10.2 Å². The summed E-state index contributed by atoms with van der Waals surface area (Å²) in [5, 5.41) is 13.3. The summed E-state index contributed by atoms with van der Waals surface area (Å²) in [5.74, 6) is 0.434. The van der Waals surface area contributed by atoms with Crippen molar-refractivity contribution in [1.82, 2.24) is 5.43 Å². The molecule has 0 bridgehead atoms. The van der Waals surface area contributed by atoms with Gasteiger partial charge in [-0.2, -0.15) is 5.10 Å². The number of nitrogens with one attached hydrogen (secondary N) is 1. The summed E-state index contributed by atoms with van der Waals surface area (Å²) in [4.78, 5) is 11.8. The highest BCUT2D eigenvalue weighted by Gasteiger charge is 2.06. The van der Waals surface area contributed by atoms with Gasteiger partial charge in [-0.1, -0.05) is 6.07 Å². The van der Waals surface area contributed by atoms with E-state index in [9.17, 15) is 9.90 Å². The van der Waals surface area contributed by atoms with Crippen LogP contribution in [0.3, 0.4) is 0 Å². The lowest BCUT2D eigenvalue weighted by atomic mass is 10.1. The zero-order chi connectivity index (χ0) is 16.8. The molecular weight excluding hydrogens is 360 g/mol. The smallest absolute Gasteiger partial charge is 0.277 e. The molecule has 2 N–H and O–H groups in total. The lowest BCUT2D eigenvalue weighted by molar-refractivity contribution is -0.123. The van der Waals surface area contributed by atoms with Gasteiger partial charge in [0.2, 0.25) is 0 Å². The maximum Gasteiger partial charge on any atom is 0.277 e. The van der Waals surface area contributed by atoms with Gasteiger partial charge in [0.25, 0.3) is 5.91 Å². The Morgan fingerprint density at radius 3 is 2.61 bits per heavy atom. The molecule has 0 radical (unpaired) electrons. The Kier molecular flexibility index (Phi) is 5.76. The first-order chi connectivity index (χ1) is 11.0. The third-order valence-corrected chi connectivity index (χ3v) is 3.70.